The summed E-state index contributed by atoms with van der Waals surface area (Å²) in [6, 6.07) is 28.5. The van der Waals surface area contributed by atoms with Crippen molar-refractivity contribution >= 4 is 27.8 Å². The maximum atomic E-state index is 6.64. The van der Waals surface area contributed by atoms with Gasteiger partial charge in [0.25, 0.3) is 0 Å². The number of rotatable bonds is 6. The van der Waals surface area contributed by atoms with Gasteiger partial charge in [-0.15, -0.1) is 0 Å². The number of anilines is 1. The van der Waals surface area contributed by atoms with Gasteiger partial charge in [0.05, 0.1) is 24.7 Å². The molecule has 0 saturated heterocycles. The van der Waals surface area contributed by atoms with Crippen LogP contribution in [0.15, 0.2) is 91.3 Å². The fourth-order valence-electron chi connectivity index (χ4n) is 5.47. The van der Waals surface area contributed by atoms with E-state index in [0.29, 0.717) is 36.7 Å². The van der Waals surface area contributed by atoms with Gasteiger partial charge < -0.3 is 24.1 Å². The molecule has 1 atom stereocenters. The van der Waals surface area contributed by atoms with Gasteiger partial charge >= 0.3 is 0 Å². The van der Waals surface area contributed by atoms with E-state index in [1.165, 1.54) is 0 Å². The predicted molar refractivity (Wildman–Crippen MR) is 159 cm³/mol. The van der Waals surface area contributed by atoms with Gasteiger partial charge in [-0.25, -0.2) is 15.0 Å². The third-order valence-corrected chi connectivity index (χ3v) is 7.43. The minimum Gasteiger partial charge on any atom is -0.491 e. The second-order valence-electron chi connectivity index (χ2n) is 10.2. The Hall–Kier alpha value is -5.11. The SMILES string of the molecule is COc1c(OCc2ccccc2)ccc2c(N3Cc4ccccc4OC(c4ccc5nc(C)[nH]c5c4)C3)ncnc12. The van der Waals surface area contributed by atoms with Crippen LogP contribution < -0.4 is 19.1 Å². The number of ether oxygens (including phenoxy) is 3. The molecule has 41 heavy (non-hydrogen) atoms. The first-order valence-corrected chi connectivity index (χ1v) is 13.6. The van der Waals surface area contributed by atoms with Crippen molar-refractivity contribution in [3.05, 3.63) is 114 Å². The summed E-state index contributed by atoms with van der Waals surface area (Å²) in [5.74, 6) is 3.80. The molecule has 0 fully saturated rings. The summed E-state index contributed by atoms with van der Waals surface area (Å²) in [7, 11) is 1.64. The fourth-order valence-corrected chi connectivity index (χ4v) is 5.47. The molecule has 1 unspecified atom stereocenters. The van der Waals surface area contributed by atoms with Crippen LogP contribution in [0, 0.1) is 6.92 Å². The lowest BCUT2D eigenvalue weighted by atomic mass is 10.1. The van der Waals surface area contributed by atoms with Crippen LogP contribution >= 0.6 is 0 Å². The molecule has 4 aromatic carbocycles. The van der Waals surface area contributed by atoms with Gasteiger partial charge in [0.1, 0.15) is 41.9 Å². The van der Waals surface area contributed by atoms with Gasteiger partial charge in [0, 0.05) is 17.5 Å². The molecule has 0 radical (unpaired) electrons. The summed E-state index contributed by atoms with van der Waals surface area (Å²) >= 11 is 0. The van der Waals surface area contributed by atoms with Crippen LogP contribution in [0.5, 0.6) is 17.2 Å². The van der Waals surface area contributed by atoms with Crippen molar-refractivity contribution in [1.29, 1.82) is 0 Å². The average Bonchev–Trinajstić information content (AvgIpc) is 3.27. The molecule has 0 saturated carbocycles. The zero-order chi connectivity index (χ0) is 27.8. The first-order valence-electron chi connectivity index (χ1n) is 13.6. The van der Waals surface area contributed by atoms with Crippen molar-refractivity contribution in [3.8, 4) is 17.2 Å². The number of aromatic amines is 1. The number of aromatic nitrogens is 4. The standard InChI is InChI=1S/C33H29N5O3/c1-21-36-26-14-12-23(16-27(26)37-21)30-18-38(17-24-10-6-7-11-28(24)41-30)33-25-13-15-29(32(39-2)31(25)34-20-35-33)40-19-22-8-4-3-5-9-22/h3-16,20,30H,17-19H2,1-2H3,(H,36,37). The van der Waals surface area contributed by atoms with Gasteiger partial charge in [-0.3, -0.25) is 0 Å². The number of benzene rings is 4. The summed E-state index contributed by atoms with van der Waals surface area (Å²) in [6.07, 6.45) is 1.36. The Kier molecular flexibility index (Phi) is 6.35. The molecule has 1 aliphatic heterocycles. The quantitative estimate of drug-likeness (QED) is 0.255. The summed E-state index contributed by atoms with van der Waals surface area (Å²) in [6.45, 7) is 3.63. The Bertz CT molecular complexity index is 1850. The Morgan fingerprint density at radius 1 is 0.976 bits per heavy atom. The number of para-hydroxylation sites is 1. The second kappa shape index (κ2) is 10.5. The van der Waals surface area contributed by atoms with E-state index in [1.54, 1.807) is 13.4 Å². The molecule has 2 aromatic heterocycles. The van der Waals surface area contributed by atoms with Crippen LogP contribution in [0.3, 0.4) is 0 Å². The van der Waals surface area contributed by atoms with E-state index in [0.717, 1.165) is 50.5 Å². The van der Waals surface area contributed by atoms with Crippen molar-refractivity contribution in [2.45, 2.75) is 26.2 Å². The lowest BCUT2D eigenvalue weighted by Crippen LogP contribution is -2.29. The minimum atomic E-state index is -0.230. The minimum absolute atomic E-state index is 0.230. The molecular formula is C33H29N5O3. The molecule has 1 N–H and O–H groups in total. The highest BCUT2D eigenvalue weighted by molar-refractivity contribution is 5.95. The molecule has 0 amide bonds. The number of imidazole rings is 1. The van der Waals surface area contributed by atoms with E-state index in [4.69, 9.17) is 19.2 Å². The highest BCUT2D eigenvalue weighted by atomic mass is 16.5. The molecule has 7 rings (SSSR count). The van der Waals surface area contributed by atoms with E-state index >= 15 is 0 Å². The number of methoxy groups -OCH3 is 1. The topological polar surface area (TPSA) is 85.4 Å². The summed E-state index contributed by atoms with van der Waals surface area (Å²) in [4.78, 5) is 19.6. The third-order valence-electron chi connectivity index (χ3n) is 7.43. The highest BCUT2D eigenvalue weighted by Gasteiger charge is 2.27. The average molecular weight is 544 g/mol. The summed E-state index contributed by atoms with van der Waals surface area (Å²) in [5.41, 5.74) is 5.87. The zero-order valence-corrected chi connectivity index (χ0v) is 22.9. The smallest absolute Gasteiger partial charge is 0.187 e. The Morgan fingerprint density at radius 3 is 2.71 bits per heavy atom. The molecule has 8 heteroatoms. The lowest BCUT2D eigenvalue weighted by Gasteiger charge is -2.26. The molecular weight excluding hydrogens is 514 g/mol. The normalized spacial score (nSPS) is 14.9. The predicted octanol–water partition coefficient (Wildman–Crippen LogP) is 6.54. The Balaban J connectivity index is 1.27. The van der Waals surface area contributed by atoms with Crippen LogP contribution in [0.1, 0.15) is 28.6 Å². The Morgan fingerprint density at radius 2 is 1.83 bits per heavy atom. The van der Waals surface area contributed by atoms with E-state index in [2.05, 4.69) is 38.1 Å². The molecule has 204 valence electrons. The van der Waals surface area contributed by atoms with E-state index < -0.39 is 0 Å². The molecule has 8 nitrogen and oxygen atoms in total. The van der Waals surface area contributed by atoms with Crippen LogP contribution in [0.25, 0.3) is 21.9 Å². The van der Waals surface area contributed by atoms with Gasteiger partial charge in [-0.05, 0) is 48.4 Å². The molecule has 0 bridgehead atoms. The number of H-pyrrole nitrogens is 1. The second-order valence-corrected chi connectivity index (χ2v) is 10.2. The van der Waals surface area contributed by atoms with E-state index in [9.17, 15) is 0 Å². The van der Waals surface area contributed by atoms with E-state index in [1.807, 2.05) is 73.7 Å². The van der Waals surface area contributed by atoms with Gasteiger partial charge in [-0.2, -0.15) is 0 Å². The number of aryl methyl sites for hydroxylation is 1. The lowest BCUT2D eigenvalue weighted by molar-refractivity contribution is 0.217. The van der Waals surface area contributed by atoms with E-state index in [-0.39, 0.29) is 6.10 Å². The highest BCUT2D eigenvalue weighted by Crippen LogP contribution is 2.40. The van der Waals surface area contributed by atoms with Gasteiger partial charge in [-0.1, -0.05) is 54.6 Å². The number of nitrogens with one attached hydrogen (secondary N) is 1. The van der Waals surface area contributed by atoms with Crippen molar-refractivity contribution < 1.29 is 14.2 Å². The molecule has 1 aliphatic rings. The van der Waals surface area contributed by atoms with Crippen LogP contribution in [-0.2, 0) is 13.2 Å². The summed E-state index contributed by atoms with van der Waals surface area (Å²) in [5, 5.41) is 0.884. The first kappa shape index (κ1) is 24.9. The largest absolute Gasteiger partial charge is 0.491 e. The number of nitrogens with zero attached hydrogens (tertiary/aromatic N) is 4. The van der Waals surface area contributed by atoms with Crippen LogP contribution in [0.4, 0.5) is 5.82 Å². The number of fused-ring (bicyclic) bond motifs is 3. The zero-order valence-electron chi connectivity index (χ0n) is 22.9. The van der Waals surface area contributed by atoms with Crippen LogP contribution in [0.2, 0.25) is 0 Å². The van der Waals surface area contributed by atoms with Crippen molar-refractivity contribution in [2.24, 2.45) is 0 Å². The number of hydrogen-bond acceptors (Lipinski definition) is 7. The van der Waals surface area contributed by atoms with Crippen molar-refractivity contribution in [3.63, 3.8) is 0 Å². The van der Waals surface area contributed by atoms with Gasteiger partial charge in [0.2, 0.25) is 0 Å². The van der Waals surface area contributed by atoms with Crippen molar-refractivity contribution in [2.75, 3.05) is 18.6 Å². The number of hydrogen-bond donors (Lipinski definition) is 1. The van der Waals surface area contributed by atoms with Gasteiger partial charge in [0.15, 0.2) is 11.5 Å². The first-order chi connectivity index (χ1) is 20.2. The molecule has 0 spiro atoms. The third kappa shape index (κ3) is 4.78. The monoisotopic (exact) mass is 543 g/mol. The maximum Gasteiger partial charge on any atom is 0.187 e. The molecule has 0 aliphatic carbocycles. The maximum absolute atomic E-state index is 6.64. The van der Waals surface area contributed by atoms with Crippen LogP contribution in [-0.4, -0.2) is 33.6 Å². The summed E-state index contributed by atoms with van der Waals surface area (Å²) < 4.78 is 18.6. The fraction of sp³-hybridized carbons (Fsp3) is 0.182. The Labute approximate surface area is 237 Å². The molecule has 3 heterocycles. The van der Waals surface area contributed by atoms with Crippen molar-refractivity contribution in [1.82, 2.24) is 19.9 Å². The molecule has 6 aromatic rings.